The molecule has 6 nitrogen and oxygen atoms in total. The van der Waals surface area contributed by atoms with Crippen LogP contribution in [0.5, 0.6) is 0 Å². The van der Waals surface area contributed by atoms with Crippen LogP contribution in [-0.2, 0) is 4.79 Å². The quantitative estimate of drug-likeness (QED) is 0.856. The van der Waals surface area contributed by atoms with Gasteiger partial charge in [-0.2, -0.15) is 0 Å². The molecule has 1 aliphatic rings. The van der Waals surface area contributed by atoms with E-state index in [9.17, 15) is 9.59 Å². The number of thioether (sulfide) groups is 1. The van der Waals surface area contributed by atoms with Crippen LogP contribution >= 0.6 is 11.8 Å². The molecule has 132 valence electrons. The Labute approximate surface area is 147 Å². The fourth-order valence-electron chi connectivity index (χ4n) is 2.60. The number of hydrogen-bond donors (Lipinski definition) is 2. The van der Waals surface area contributed by atoms with Crippen molar-refractivity contribution in [2.24, 2.45) is 0 Å². The fourth-order valence-corrected chi connectivity index (χ4v) is 3.68. The molecule has 0 unspecified atom stereocenters. The molecule has 0 bridgehead atoms. The summed E-state index contributed by atoms with van der Waals surface area (Å²) in [6.07, 6.45) is 1.18. The Kier molecular flexibility index (Phi) is 6.48. The Morgan fingerprint density at radius 1 is 1.42 bits per heavy atom. The van der Waals surface area contributed by atoms with Crippen LogP contribution in [0.4, 0.5) is 10.5 Å². The summed E-state index contributed by atoms with van der Waals surface area (Å²) in [5.74, 6) is 0.790. The first-order valence-corrected chi connectivity index (χ1v) is 9.36. The SMILES string of the molecule is CC[C@@H](C)NC(=O)CCNC(=O)N1CCSc2nc(C)cc(C)c21. The van der Waals surface area contributed by atoms with E-state index in [1.54, 1.807) is 16.7 Å². The number of aryl methyl sites for hydroxylation is 2. The number of amides is 3. The van der Waals surface area contributed by atoms with Crippen LogP contribution in [0.25, 0.3) is 0 Å². The zero-order chi connectivity index (χ0) is 17.7. The molecule has 1 aromatic rings. The van der Waals surface area contributed by atoms with Crippen LogP contribution in [0.3, 0.4) is 0 Å². The van der Waals surface area contributed by atoms with Gasteiger partial charge in [-0.15, -0.1) is 11.8 Å². The van der Waals surface area contributed by atoms with E-state index in [-0.39, 0.29) is 24.4 Å². The van der Waals surface area contributed by atoms with Crippen LogP contribution in [0.15, 0.2) is 11.1 Å². The van der Waals surface area contributed by atoms with E-state index < -0.39 is 0 Å². The summed E-state index contributed by atoms with van der Waals surface area (Å²) in [7, 11) is 0. The van der Waals surface area contributed by atoms with Crippen LogP contribution in [0.1, 0.15) is 37.9 Å². The maximum atomic E-state index is 12.5. The normalized spacial score (nSPS) is 14.8. The van der Waals surface area contributed by atoms with Gasteiger partial charge in [0.2, 0.25) is 5.91 Å². The van der Waals surface area contributed by atoms with Gasteiger partial charge in [0, 0.05) is 37.0 Å². The topological polar surface area (TPSA) is 74.3 Å². The number of anilines is 1. The minimum atomic E-state index is -0.165. The van der Waals surface area contributed by atoms with Gasteiger partial charge in [-0.25, -0.2) is 9.78 Å². The van der Waals surface area contributed by atoms with E-state index >= 15 is 0 Å². The zero-order valence-electron chi connectivity index (χ0n) is 14.8. The van der Waals surface area contributed by atoms with Crippen molar-refractivity contribution in [3.63, 3.8) is 0 Å². The first-order chi connectivity index (χ1) is 11.4. The molecule has 0 fully saturated rings. The smallest absolute Gasteiger partial charge is 0.322 e. The molecule has 0 spiro atoms. The average molecular weight is 350 g/mol. The molecule has 1 aliphatic heterocycles. The number of rotatable bonds is 5. The second kappa shape index (κ2) is 8.37. The van der Waals surface area contributed by atoms with Gasteiger partial charge in [0.15, 0.2) is 0 Å². The lowest BCUT2D eigenvalue weighted by Crippen LogP contribution is -2.44. The highest BCUT2D eigenvalue weighted by Crippen LogP contribution is 2.36. The molecule has 2 rings (SSSR count). The van der Waals surface area contributed by atoms with Crippen molar-refractivity contribution in [3.8, 4) is 0 Å². The molecule has 1 atom stereocenters. The molecule has 0 saturated heterocycles. The summed E-state index contributed by atoms with van der Waals surface area (Å²) < 4.78 is 0. The molecule has 7 heteroatoms. The number of aromatic nitrogens is 1. The standard InChI is InChI=1S/C17H26N4O2S/c1-5-12(3)19-14(22)6-7-18-17(23)21-8-9-24-16-15(21)11(2)10-13(4)20-16/h10,12H,5-9H2,1-4H3,(H,18,23)(H,19,22)/t12-/m1/s1. The highest BCUT2D eigenvalue weighted by Gasteiger charge is 2.26. The lowest BCUT2D eigenvalue weighted by molar-refractivity contribution is -0.121. The van der Waals surface area contributed by atoms with Gasteiger partial charge in [-0.3, -0.25) is 9.69 Å². The molecule has 0 aliphatic carbocycles. The minimum Gasteiger partial charge on any atom is -0.354 e. The first kappa shape index (κ1) is 18.6. The molecule has 3 amide bonds. The Hall–Kier alpha value is -1.76. The van der Waals surface area contributed by atoms with Gasteiger partial charge in [-0.1, -0.05) is 6.92 Å². The second-order valence-corrected chi connectivity index (χ2v) is 7.18. The summed E-state index contributed by atoms with van der Waals surface area (Å²) in [4.78, 5) is 30.5. The van der Waals surface area contributed by atoms with Gasteiger partial charge < -0.3 is 10.6 Å². The second-order valence-electron chi connectivity index (χ2n) is 6.09. The molecular formula is C17H26N4O2S. The van der Waals surface area contributed by atoms with Crippen molar-refractivity contribution in [2.45, 2.75) is 51.6 Å². The third kappa shape index (κ3) is 4.63. The number of nitrogens with zero attached hydrogens (tertiary/aromatic N) is 2. The van der Waals surface area contributed by atoms with E-state index in [0.717, 1.165) is 34.1 Å². The maximum Gasteiger partial charge on any atom is 0.322 e. The molecule has 2 heterocycles. The predicted octanol–water partition coefficient (Wildman–Crippen LogP) is 2.62. The Bertz CT molecular complexity index is 621. The highest BCUT2D eigenvalue weighted by molar-refractivity contribution is 7.99. The van der Waals surface area contributed by atoms with Crippen molar-refractivity contribution in [3.05, 3.63) is 17.3 Å². The van der Waals surface area contributed by atoms with Crippen molar-refractivity contribution in [1.29, 1.82) is 0 Å². The van der Waals surface area contributed by atoms with Gasteiger partial charge in [0.05, 0.1) is 5.69 Å². The summed E-state index contributed by atoms with van der Waals surface area (Å²) >= 11 is 1.68. The maximum absolute atomic E-state index is 12.5. The summed E-state index contributed by atoms with van der Waals surface area (Å²) in [5, 5.41) is 6.65. The molecule has 1 aromatic heterocycles. The number of hydrogen-bond acceptors (Lipinski definition) is 4. The third-order valence-corrected chi connectivity index (χ3v) is 4.94. The van der Waals surface area contributed by atoms with Gasteiger partial charge in [0.25, 0.3) is 0 Å². The summed E-state index contributed by atoms with van der Waals surface area (Å²) in [5.41, 5.74) is 2.90. The Balaban J connectivity index is 1.94. The van der Waals surface area contributed by atoms with Crippen molar-refractivity contribution in [1.82, 2.24) is 15.6 Å². The van der Waals surface area contributed by atoms with Crippen LogP contribution in [-0.4, -0.2) is 41.8 Å². The number of fused-ring (bicyclic) bond motifs is 1. The Morgan fingerprint density at radius 3 is 2.88 bits per heavy atom. The predicted molar refractivity (Wildman–Crippen MR) is 97.7 cm³/mol. The molecule has 0 aromatic carbocycles. The summed E-state index contributed by atoms with van der Waals surface area (Å²) in [6.45, 7) is 8.93. The van der Waals surface area contributed by atoms with E-state index in [1.807, 2.05) is 33.8 Å². The third-order valence-electron chi connectivity index (χ3n) is 4.00. The van der Waals surface area contributed by atoms with Crippen molar-refractivity contribution in [2.75, 3.05) is 23.7 Å². The first-order valence-electron chi connectivity index (χ1n) is 8.38. The lowest BCUT2D eigenvalue weighted by Gasteiger charge is -2.30. The monoisotopic (exact) mass is 350 g/mol. The van der Waals surface area contributed by atoms with Crippen molar-refractivity contribution < 1.29 is 9.59 Å². The van der Waals surface area contributed by atoms with E-state index in [0.29, 0.717) is 13.1 Å². The number of nitrogens with one attached hydrogen (secondary N) is 2. The van der Waals surface area contributed by atoms with Gasteiger partial charge in [0.1, 0.15) is 5.03 Å². The van der Waals surface area contributed by atoms with Crippen molar-refractivity contribution >= 4 is 29.4 Å². The molecule has 0 radical (unpaired) electrons. The summed E-state index contributed by atoms with van der Waals surface area (Å²) in [6, 6.07) is 1.99. The molecular weight excluding hydrogens is 324 g/mol. The highest BCUT2D eigenvalue weighted by atomic mass is 32.2. The number of carbonyl (C=O) groups excluding carboxylic acids is 2. The Morgan fingerprint density at radius 2 is 2.17 bits per heavy atom. The average Bonchev–Trinajstić information content (AvgIpc) is 2.53. The van der Waals surface area contributed by atoms with Gasteiger partial charge >= 0.3 is 6.03 Å². The largest absolute Gasteiger partial charge is 0.354 e. The zero-order valence-corrected chi connectivity index (χ0v) is 15.6. The van der Waals surface area contributed by atoms with Gasteiger partial charge in [-0.05, 0) is 38.8 Å². The molecule has 0 saturated carbocycles. The fraction of sp³-hybridized carbons (Fsp3) is 0.588. The van der Waals surface area contributed by atoms with E-state index in [1.165, 1.54) is 0 Å². The minimum absolute atomic E-state index is 0.0345. The number of carbonyl (C=O) groups is 2. The number of urea groups is 1. The molecule has 2 N–H and O–H groups in total. The molecule has 24 heavy (non-hydrogen) atoms. The van der Waals surface area contributed by atoms with Crippen LogP contribution in [0, 0.1) is 13.8 Å². The lowest BCUT2D eigenvalue weighted by atomic mass is 10.2. The number of pyridine rings is 1. The van der Waals surface area contributed by atoms with E-state index in [2.05, 4.69) is 15.6 Å². The van der Waals surface area contributed by atoms with E-state index in [4.69, 9.17) is 0 Å². The van der Waals surface area contributed by atoms with Crippen LogP contribution in [0.2, 0.25) is 0 Å². The van der Waals surface area contributed by atoms with Crippen LogP contribution < -0.4 is 15.5 Å².